The van der Waals surface area contributed by atoms with Crippen LogP contribution in [0.3, 0.4) is 0 Å². The van der Waals surface area contributed by atoms with Crippen LogP contribution in [-0.2, 0) is 0 Å². The molecule has 3 nitrogen and oxygen atoms in total. The molecule has 28 heavy (non-hydrogen) atoms. The van der Waals surface area contributed by atoms with E-state index in [9.17, 15) is 15.3 Å². The summed E-state index contributed by atoms with van der Waals surface area (Å²) in [5.74, 6) is 0. The number of aliphatic hydroxyl groups is 3. The fourth-order valence-corrected chi connectivity index (χ4v) is 5.65. The molecule has 0 spiro atoms. The quantitative estimate of drug-likeness (QED) is 0.560. The van der Waals surface area contributed by atoms with Crippen molar-refractivity contribution in [1.82, 2.24) is 0 Å². The Hall–Kier alpha value is -2.03. The Morgan fingerprint density at radius 2 is 0.821 bits per heavy atom. The van der Waals surface area contributed by atoms with Crippen LogP contribution in [0.5, 0.6) is 0 Å². The lowest BCUT2D eigenvalue weighted by atomic mass is 10.1. The van der Waals surface area contributed by atoms with Crippen molar-refractivity contribution in [3.05, 3.63) is 89.5 Å². The van der Waals surface area contributed by atoms with Crippen LogP contribution in [0.1, 0.15) is 55.8 Å². The Morgan fingerprint density at radius 3 is 1.07 bits per heavy atom. The molecule has 3 aromatic rings. The molecular formula is C24H27O3P. The minimum absolute atomic E-state index is 0.538. The molecule has 0 aliphatic carbocycles. The van der Waals surface area contributed by atoms with Gasteiger partial charge in [-0.3, -0.25) is 0 Å². The highest BCUT2D eigenvalue weighted by molar-refractivity contribution is 7.79. The molecule has 4 heteroatoms. The summed E-state index contributed by atoms with van der Waals surface area (Å²) < 4.78 is 0. The first-order valence-corrected chi connectivity index (χ1v) is 10.8. The number of hydrogen-bond acceptors (Lipinski definition) is 3. The van der Waals surface area contributed by atoms with Crippen LogP contribution in [0, 0.1) is 0 Å². The van der Waals surface area contributed by atoms with Gasteiger partial charge in [-0.15, -0.1) is 0 Å². The number of aliphatic hydroxyl groups excluding tert-OH is 3. The van der Waals surface area contributed by atoms with E-state index in [-0.39, 0.29) is 0 Å². The Kier molecular flexibility index (Phi) is 6.64. The predicted octanol–water partition coefficient (Wildman–Crippen LogP) is 3.60. The maximum absolute atomic E-state index is 10.0. The van der Waals surface area contributed by atoms with E-state index in [0.717, 1.165) is 32.6 Å². The molecule has 3 N–H and O–H groups in total. The van der Waals surface area contributed by atoms with Crippen LogP contribution < -0.4 is 15.9 Å². The van der Waals surface area contributed by atoms with E-state index < -0.39 is 26.2 Å². The molecule has 146 valence electrons. The standard InChI is InChI=1S/C24H27O3P/c1-16(25)19-7-4-10-22(13-19)28(23-11-5-8-20(14-23)17(2)26)24-12-6-9-21(15-24)18(3)27/h4-18,25-27H,1-3H3/t16-,17-,18-/m1/s1. The summed E-state index contributed by atoms with van der Waals surface area (Å²) in [6.45, 7) is 5.30. The van der Waals surface area contributed by atoms with E-state index in [0.29, 0.717) is 0 Å². The van der Waals surface area contributed by atoms with Gasteiger partial charge in [0.1, 0.15) is 0 Å². The number of rotatable bonds is 6. The van der Waals surface area contributed by atoms with E-state index in [1.807, 2.05) is 36.4 Å². The molecule has 3 atom stereocenters. The molecule has 0 amide bonds. The van der Waals surface area contributed by atoms with Crippen molar-refractivity contribution < 1.29 is 15.3 Å². The van der Waals surface area contributed by atoms with Crippen LogP contribution in [0.25, 0.3) is 0 Å². The zero-order valence-electron chi connectivity index (χ0n) is 16.4. The van der Waals surface area contributed by atoms with Gasteiger partial charge in [0.05, 0.1) is 18.3 Å². The lowest BCUT2D eigenvalue weighted by Gasteiger charge is -2.22. The lowest BCUT2D eigenvalue weighted by Crippen LogP contribution is -2.22. The van der Waals surface area contributed by atoms with Crippen LogP contribution in [-0.4, -0.2) is 15.3 Å². The first-order valence-electron chi connectivity index (χ1n) is 9.51. The number of hydrogen-bond donors (Lipinski definition) is 3. The molecule has 0 bridgehead atoms. The van der Waals surface area contributed by atoms with E-state index >= 15 is 0 Å². The molecule has 0 heterocycles. The summed E-state index contributed by atoms with van der Waals surface area (Å²) in [6, 6.07) is 24.1. The molecular weight excluding hydrogens is 367 g/mol. The SMILES string of the molecule is C[C@@H](O)c1cccc(P(c2cccc([C@@H](C)O)c2)c2cccc([C@@H](C)O)c2)c1. The number of benzene rings is 3. The molecule has 0 saturated heterocycles. The van der Waals surface area contributed by atoms with Gasteiger partial charge >= 0.3 is 0 Å². The minimum Gasteiger partial charge on any atom is -0.389 e. The summed E-state index contributed by atoms with van der Waals surface area (Å²) >= 11 is 0. The van der Waals surface area contributed by atoms with Crippen LogP contribution in [0.2, 0.25) is 0 Å². The van der Waals surface area contributed by atoms with E-state index in [1.54, 1.807) is 20.8 Å². The molecule has 0 aliphatic heterocycles. The van der Waals surface area contributed by atoms with Gasteiger partial charge < -0.3 is 15.3 Å². The van der Waals surface area contributed by atoms with Crippen LogP contribution in [0.4, 0.5) is 0 Å². The van der Waals surface area contributed by atoms with Crippen molar-refractivity contribution in [2.75, 3.05) is 0 Å². The van der Waals surface area contributed by atoms with Crippen molar-refractivity contribution in [3.63, 3.8) is 0 Å². The second-order valence-electron chi connectivity index (χ2n) is 7.15. The van der Waals surface area contributed by atoms with Gasteiger partial charge in [-0.1, -0.05) is 54.6 Å². The van der Waals surface area contributed by atoms with E-state index in [4.69, 9.17) is 0 Å². The topological polar surface area (TPSA) is 60.7 Å². The summed E-state index contributed by atoms with van der Waals surface area (Å²) in [4.78, 5) is 0. The Labute approximate surface area is 168 Å². The van der Waals surface area contributed by atoms with Crippen molar-refractivity contribution in [2.24, 2.45) is 0 Å². The molecule has 0 aromatic heterocycles. The fraction of sp³-hybridized carbons (Fsp3) is 0.250. The van der Waals surface area contributed by atoms with Gasteiger partial charge in [-0.25, -0.2) is 0 Å². The monoisotopic (exact) mass is 394 g/mol. The molecule has 0 fully saturated rings. The molecule has 0 saturated carbocycles. The first kappa shape index (κ1) is 20.7. The zero-order valence-corrected chi connectivity index (χ0v) is 17.3. The zero-order chi connectivity index (χ0) is 20.3. The fourth-order valence-electron chi connectivity index (χ4n) is 3.22. The Morgan fingerprint density at radius 1 is 0.536 bits per heavy atom. The van der Waals surface area contributed by atoms with Gasteiger partial charge in [0.15, 0.2) is 0 Å². The Bertz CT molecular complexity index is 812. The molecule has 0 radical (unpaired) electrons. The average molecular weight is 394 g/mol. The lowest BCUT2D eigenvalue weighted by molar-refractivity contribution is 0.199. The third-order valence-corrected chi connectivity index (χ3v) is 7.22. The van der Waals surface area contributed by atoms with Gasteiger partial charge in [0, 0.05) is 0 Å². The molecule has 0 unspecified atom stereocenters. The van der Waals surface area contributed by atoms with Crippen LogP contribution >= 0.6 is 7.92 Å². The molecule has 0 aliphatic rings. The van der Waals surface area contributed by atoms with Crippen molar-refractivity contribution in [1.29, 1.82) is 0 Å². The Balaban J connectivity index is 2.18. The highest BCUT2D eigenvalue weighted by Crippen LogP contribution is 2.35. The van der Waals surface area contributed by atoms with Gasteiger partial charge in [0.25, 0.3) is 0 Å². The molecule has 3 rings (SSSR count). The minimum atomic E-state index is -0.902. The predicted molar refractivity (Wildman–Crippen MR) is 117 cm³/mol. The average Bonchev–Trinajstić information content (AvgIpc) is 2.69. The van der Waals surface area contributed by atoms with Crippen molar-refractivity contribution in [3.8, 4) is 0 Å². The third-order valence-electron chi connectivity index (χ3n) is 4.83. The third kappa shape index (κ3) is 4.68. The summed E-state index contributed by atoms with van der Waals surface area (Å²) in [5, 5.41) is 33.5. The van der Waals surface area contributed by atoms with Crippen LogP contribution in [0.15, 0.2) is 72.8 Å². The second kappa shape index (κ2) is 8.98. The van der Waals surface area contributed by atoms with Gasteiger partial charge in [0.2, 0.25) is 0 Å². The normalized spacial score (nSPS) is 14.7. The highest BCUT2D eigenvalue weighted by Gasteiger charge is 2.19. The smallest absolute Gasteiger partial charge is 0.0762 e. The maximum atomic E-state index is 10.0. The van der Waals surface area contributed by atoms with Crippen molar-refractivity contribution >= 4 is 23.8 Å². The maximum Gasteiger partial charge on any atom is 0.0762 e. The van der Waals surface area contributed by atoms with E-state index in [2.05, 4.69) is 36.4 Å². The van der Waals surface area contributed by atoms with E-state index in [1.165, 1.54) is 0 Å². The summed E-state index contributed by atoms with van der Waals surface area (Å²) in [5.41, 5.74) is 2.63. The highest BCUT2D eigenvalue weighted by atomic mass is 31.1. The second-order valence-corrected chi connectivity index (χ2v) is 9.37. The largest absolute Gasteiger partial charge is 0.389 e. The molecule has 3 aromatic carbocycles. The van der Waals surface area contributed by atoms with Gasteiger partial charge in [-0.05, 0) is 79.5 Å². The summed E-state index contributed by atoms with van der Waals surface area (Å²) in [7, 11) is -0.902. The first-order chi connectivity index (χ1) is 13.4. The van der Waals surface area contributed by atoms with Gasteiger partial charge in [-0.2, -0.15) is 0 Å². The van der Waals surface area contributed by atoms with Crippen molar-refractivity contribution in [2.45, 2.75) is 39.1 Å². The summed E-state index contributed by atoms with van der Waals surface area (Å²) in [6.07, 6.45) is -1.61.